The van der Waals surface area contributed by atoms with Gasteiger partial charge >= 0.3 is 5.97 Å². The second kappa shape index (κ2) is 10.2. The van der Waals surface area contributed by atoms with Crippen LogP contribution in [0.2, 0.25) is 0 Å². The number of nitrogens with zero attached hydrogens (tertiary/aromatic N) is 1. The number of anilines is 1. The van der Waals surface area contributed by atoms with Gasteiger partial charge in [-0.15, -0.1) is 11.3 Å². The van der Waals surface area contributed by atoms with Gasteiger partial charge in [-0.25, -0.2) is 0 Å². The maximum absolute atomic E-state index is 13.7. The predicted molar refractivity (Wildman–Crippen MR) is 143 cm³/mol. The van der Waals surface area contributed by atoms with Gasteiger partial charge in [0.2, 0.25) is 5.78 Å². The number of aliphatic hydroxyl groups is 1. The van der Waals surface area contributed by atoms with Crippen molar-refractivity contribution in [2.45, 2.75) is 32.4 Å². The molecule has 4 aromatic rings. The number of methoxy groups -OCH3 is 1. The van der Waals surface area contributed by atoms with E-state index in [1.807, 2.05) is 11.4 Å². The summed E-state index contributed by atoms with van der Waals surface area (Å²) in [5.74, 6) is -1.82. The average molecular weight is 532 g/mol. The van der Waals surface area contributed by atoms with Gasteiger partial charge in [-0.3, -0.25) is 19.3 Å². The molecule has 2 aromatic carbocycles. The molecule has 194 valence electrons. The zero-order valence-electron chi connectivity index (χ0n) is 21.0. The highest BCUT2D eigenvalue weighted by Crippen LogP contribution is 2.44. The van der Waals surface area contributed by atoms with E-state index in [0.717, 1.165) is 0 Å². The Morgan fingerprint density at radius 3 is 2.53 bits per heavy atom. The van der Waals surface area contributed by atoms with Gasteiger partial charge in [0.1, 0.15) is 6.04 Å². The van der Waals surface area contributed by atoms with Crippen molar-refractivity contribution < 1.29 is 33.4 Å². The Hall–Kier alpha value is -4.37. The molecule has 3 heterocycles. The lowest BCUT2D eigenvalue weighted by Crippen LogP contribution is -2.30. The number of fused-ring (bicyclic) bond motifs is 1. The highest BCUT2D eigenvalue weighted by molar-refractivity contribution is 7.10. The molecule has 9 heteroatoms. The quantitative estimate of drug-likeness (QED) is 0.227. The number of carbonyl (C=O) groups is 3. The van der Waals surface area contributed by atoms with Crippen molar-refractivity contribution in [3.05, 3.63) is 93.6 Å². The molecule has 2 aromatic heterocycles. The molecule has 1 aliphatic heterocycles. The van der Waals surface area contributed by atoms with Gasteiger partial charge in [0.15, 0.2) is 22.9 Å². The molecule has 38 heavy (non-hydrogen) atoms. The van der Waals surface area contributed by atoms with Crippen LogP contribution in [-0.2, 0) is 20.7 Å². The van der Waals surface area contributed by atoms with Crippen LogP contribution in [0, 0.1) is 0 Å². The number of Topliss-reactive ketones (excluding diaryl/α,β-unsaturated/α-hetero) is 1. The summed E-state index contributed by atoms with van der Waals surface area (Å²) in [6.45, 7) is 3.57. The molecule has 0 aliphatic carbocycles. The fourth-order valence-electron chi connectivity index (χ4n) is 4.51. The molecular formula is C29H25NO7S. The third-order valence-corrected chi connectivity index (χ3v) is 7.07. The van der Waals surface area contributed by atoms with Gasteiger partial charge in [0.25, 0.3) is 5.91 Å². The molecule has 0 bridgehead atoms. The van der Waals surface area contributed by atoms with Crippen LogP contribution >= 0.6 is 11.3 Å². The molecule has 0 spiro atoms. The number of para-hydroxylation sites is 1. The predicted octanol–water partition coefficient (Wildman–Crippen LogP) is 5.78. The largest absolute Gasteiger partial charge is 0.503 e. The minimum Gasteiger partial charge on any atom is -0.503 e. The molecule has 5 rings (SSSR count). The van der Waals surface area contributed by atoms with Crippen LogP contribution in [-0.4, -0.2) is 36.0 Å². The fraction of sp³-hybridized carbons (Fsp3) is 0.207. The topological polar surface area (TPSA) is 106 Å². The fourth-order valence-corrected chi connectivity index (χ4v) is 5.33. The number of amides is 1. The first-order valence-corrected chi connectivity index (χ1v) is 12.9. The van der Waals surface area contributed by atoms with Crippen LogP contribution < -0.4 is 9.64 Å². The van der Waals surface area contributed by atoms with Gasteiger partial charge in [0, 0.05) is 16.0 Å². The third-order valence-electron chi connectivity index (χ3n) is 6.15. The summed E-state index contributed by atoms with van der Waals surface area (Å²) in [5, 5.41) is 13.5. The highest BCUT2D eigenvalue weighted by Gasteiger charge is 2.46. The summed E-state index contributed by atoms with van der Waals surface area (Å²) in [6.07, 6.45) is -0.128. The minimum absolute atomic E-state index is 0.0127. The van der Waals surface area contributed by atoms with E-state index < -0.39 is 23.5 Å². The zero-order valence-corrected chi connectivity index (χ0v) is 21.8. The van der Waals surface area contributed by atoms with Crippen molar-refractivity contribution in [1.82, 2.24) is 0 Å². The summed E-state index contributed by atoms with van der Waals surface area (Å²) < 4.78 is 16.4. The summed E-state index contributed by atoms with van der Waals surface area (Å²) in [5.41, 5.74) is 1.51. The number of carbonyl (C=O) groups excluding carboxylic acids is 3. The SMILES string of the molecule is COc1cccc2cc(C(=O)C3=C(O)C(=O)N(c4ccc(CC(=O)OC(C)C)cc4)C3c3cccs3)oc12. The standard InChI is InChI=1S/C29H25NO7S/c1-16(2)36-23(31)14-17-9-11-19(12-10-17)30-25(22-8-5-13-38-22)24(27(33)29(30)34)26(32)21-15-18-6-4-7-20(35-3)28(18)37-21/h4-13,15-16,25,33H,14H2,1-3H3. The number of hydrogen-bond donors (Lipinski definition) is 1. The Morgan fingerprint density at radius 1 is 1.11 bits per heavy atom. The van der Waals surface area contributed by atoms with Crippen molar-refractivity contribution in [2.75, 3.05) is 12.0 Å². The number of furan rings is 1. The smallest absolute Gasteiger partial charge is 0.310 e. The van der Waals surface area contributed by atoms with Crippen molar-refractivity contribution in [1.29, 1.82) is 0 Å². The van der Waals surface area contributed by atoms with E-state index in [1.165, 1.54) is 23.3 Å². The van der Waals surface area contributed by atoms with Gasteiger partial charge in [-0.05, 0) is 55.1 Å². The molecule has 1 atom stereocenters. The van der Waals surface area contributed by atoms with Crippen LogP contribution in [0.5, 0.6) is 5.75 Å². The normalized spacial score (nSPS) is 15.5. The van der Waals surface area contributed by atoms with Crippen molar-refractivity contribution in [3.8, 4) is 5.75 Å². The van der Waals surface area contributed by atoms with E-state index in [1.54, 1.807) is 68.4 Å². The molecular weight excluding hydrogens is 506 g/mol. The molecule has 0 fully saturated rings. The molecule has 1 amide bonds. The Balaban J connectivity index is 1.51. The number of esters is 1. The number of benzene rings is 2. The van der Waals surface area contributed by atoms with Crippen LogP contribution in [0.3, 0.4) is 0 Å². The number of ether oxygens (including phenoxy) is 2. The van der Waals surface area contributed by atoms with E-state index in [2.05, 4.69) is 0 Å². The molecule has 0 radical (unpaired) electrons. The number of thiophene rings is 1. The summed E-state index contributed by atoms with van der Waals surface area (Å²) in [4.78, 5) is 41.2. The molecule has 1 unspecified atom stereocenters. The number of ketones is 1. The van der Waals surface area contributed by atoms with Crippen molar-refractivity contribution in [2.24, 2.45) is 0 Å². The first kappa shape index (κ1) is 25.3. The lowest BCUT2D eigenvalue weighted by molar-refractivity contribution is -0.146. The average Bonchev–Trinajstić information content (AvgIpc) is 3.62. The maximum Gasteiger partial charge on any atom is 0.310 e. The number of rotatable bonds is 8. The van der Waals surface area contributed by atoms with Crippen LogP contribution in [0.25, 0.3) is 11.0 Å². The summed E-state index contributed by atoms with van der Waals surface area (Å²) >= 11 is 1.36. The van der Waals surface area contributed by atoms with Gasteiger partial charge in [-0.1, -0.05) is 30.3 Å². The van der Waals surface area contributed by atoms with Crippen LogP contribution in [0.15, 0.2) is 81.8 Å². The number of hydrogen-bond acceptors (Lipinski definition) is 8. The van der Waals surface area contributed by atoms with Crippen LogP contribution in [0.4, 0.5) is 5.69 Å². The minimum atomic E-state index is -0.859. The molecule has 0 saturated carbocycles. The molecule has 8 nitrogen and oxygen atoms in total. The van der Waals surface area contributed by atoms with E-state index in [4.69, 9.17) is 13.9 Å². The van der Waals surface area contributed by atoms with Crippen molar-refractivity contribution >= 4 is 45.7 Å². The van der Waals surface area contributed by atoms with E-state index in [0.29, 0.717) is 32.8 Å². The van der Waals surface area contributed by atoms with E-state index in [-0.39, 0.29) is 29.8 Å². The lowest BCUT2D eigenvalue weighted by atomic mass is 9.99. The monoisotopic (exact) mass is 531 g/mol. The summed E-state index contributed by atoms with van der Waals surface area (Å²) in [7, 11) is 1.51. The zero-order chi connectivity index (χ0) is 27.0. The van der Waals surface area contributed by atoms with Crippen molar-refractivity contribution in [3.63, 3.8) is 0 Å². The second-order valence-corrected chi connectivity index (χ2v) is 10.0. The van der Waals surface area contributed by atoms with Gasteiger partial charge in [0.05, 0.1) is 25.2 Å². The van der Waals surface area contributed by atoms with Gasteiger partial charge < -0.3 is 19.0 Å². The summed E-state index contributed by atoms with van der Waals surface area (Å²) in [6, 6.07) is 16.4. The highest BCUT2D eigenvalue weighted by atomic mass is 32.1. The lowest BCUT2D eigenvalue weighted by Gasteiger charge is -2.25. The van der Waals surface area contributed by atoms with E-state index >= 15 is 0 Å². The van der Waals surface area contributed by atoms with Gasteiger partial charge in [-0.2, -0.15) is 0 Å². The first-order valence-electron chi connectivity index (χ1n) is 12.0. The maximum atomic E-state index is 13.7. The Kier molecular flexibility index (Phi) is 6.77. The third kappa shape index (κ3) is 4.56. The Labute approximate surface area is 222 Å². The molecule has 1 aliphatic rings. The number of aliphatic hydroxyl groups excluding tert-OH is 1. The van der Waals surface area contributed by atoms with Crippen LogP contribution in [0.1, 0.15) is 40.9 Å². The molecule has 1 N–H and O–H groups in total. The molecule has 0 saturated heterocycles. The Bertz CT molecular complexity index is 1550. The first-order chi connectivity index (χ1) is 18.3. The van der Waals surface area contributed by atoms with E-state index in [9.17, 15) is 19.5 Å². The Morgan fingerprint density at radius 2 is 1.87 bits per heavy atom. The second-order valence-electron chi connectivity index (χ2n) is 9.06.